The van der Waals surface area contributed by atoms with E-state index in [0.29, 0.717) is 18.7 Å². The summed E-state index contributed by atoms with van der Waals surface area (Å²) in [5, 5.41) is 0. The zero-order valence-electron chi connectivity index (χ0n) is 17.9. The van der Waals surface area contributed by atoms with Crippen LogP contribution in [0.3, 0.4) is 0 Å². The maximum Gasteiger partial charge on any atom is 0.339 e. The molecule has 2 heterocycles. The normalized spacial score (nSPS) is 15.4. The van der Waals surface area contributed by atoms with Crippen molar-refractivity contribution in [1.29, 1.82) is 0 Å². The highest BCUT2D eigenvalue weighted by atomic mass is 16.5. The minimum Gasteiger partial charge on any atom is -0.462 e. The smallest absolute Gasteiger partial charge is 0.339 e. The lowest BCUT2D eigenvalue weighted by molar-refractivity contribution is -0.132. The number of aromatic nitrogens is 1. The van der Waals surface area contributed by atoms with Crippen molar-refractivity contribution in [2.45, 2.75) is 39.0 Å². The number of hydrogen-bond donors (Lipinski definition) is 0. The van der Waals surface area contributed by atoms with Gasteiger partial charge in [-0.1, -0.05) is 43.7 Å². The summed E-state index contributed by atoms with van der Waals surface area (Å²) in [6.07, 6.45) is 4.29. The topological polar surface area (TPSA) is 62.7 Å². The van der Waals surface area contributed by atoms with E-state index < -0.39 is 0 Å². The van der Waals surface area contributed by atoms with Gasteiger partial charge in [0, 0.05) is 32.4 Å². The molecular formula is C24H31N3O3. The van der Waals surface area contributed by atoms with E-state index in [4.69, 9.17) is 4.74 Å². The predicted octanol–water partition coefficient (Wildman–Crippen LogP) is 3.88. The van der Waals surface area contributed by atoms with E-state index >= 15 is 0 Å². The molecule has 3 rings (SSSR count). The largest absolute Gasteiger partial charge is 0.462 e. The van der Waals surface area contributed by atoms with Crippen molar-refractivity contribution in [3.05, 3.63) is 59.8 Å². The first-order valence-electron chi connectivity index (χ1n) is 10.9. The molecule has 1 aliphatic heterocycles. The predicted molar refractivity (Wildman–Crippen MR) is 118 cm³/mol. The fraction of sp³-hybridized carbons (Fsp3) is 0.458. The molecule has 6 nitrogen and oxygen atoms in total. The van der Waals surface area contributed by atoms with Gasteiger partial charge in [0.15, 0.2) is 0 Å². The summed E-state index contributed by atoms with van der Waals surface area (Å²) < 4.78 is 5.02. The molecule has 1 unspecified atom stereocenters. The van der Waals surface area contributed by atoms with Crippen molar-refractivity contribution in [3.63, 3.8) is 0 Å². The fourth-order valence-electron chi connectivity index (χ4n) is 3.90. The monoisotopic (exact) mass is 409 g/mol. The Bertz CT molecular complexity index is 823. The molecule has 30 heavy (non-hydrogen) atoms. The Kier molecular flexibility index (Phi) is 7.82. The molecule has 2 aromatic rings. The summed E-state index contributed by atoms with van der Waals surface area (Å²) in [4.78, 5) is 33.8. The Balaban J connectivity index is 1.65. The zero-order chi connectivity index (χ0) is 21.3. The van der Waals surface area contributed by atoms with Gasteiger partial charge in [-0.15, -0.1) is 0 Å². The Hall–Kier alpha value is -2.89. The van der Waals surface area contributed by atoms with E-state index in [9.17, 15) is 9.59 Å². The average molecular weight is 410 g/mol. The van der Waals surface area contributed by atoms with Crippen LogP contribution in [0, 0.1) is 0 Å². The lowest BCUT2D eigenvalue weighted by atomic mass is 9.93. The van der Waals surface area contributed by atoms with Gasteiger partial charge in [0.1, 0.15) is 5.82 Å². The molecule has 0 aliphatic carbocycles. The van der Waals surface area contributed by atoms with E-state index in [1.54, 1.807) is 19.2 Å². The first-order valence-corrected chi connectivity index (χ1v) is 10.9. The first kappa shape index (κ1) is 21.8. The Morgan fingerprint density at radius 1 is 1.03 bits per heavy atom. The number of esters is 1. The highest BCUT2D eigenvalue weighted by Gasteiger charge is 2.27. The highest BCUT2D eigenvalue weighted by Crippen LogP contribution is 2.25. The van der Waals surface area contributed by atoms with E-state index in [1.165, 1.54) is 0 Å². The minimum atomic E-state index is -0.355. The highest BCUT2D eigenvalue weighted by molar-refractivity contribution is 5.89. The second-order valence-electron chi connectivity index (χ2n) is 7.54. The number of ether oxygens (including phenoxy) is 1. The van der Waals surface area contributed by atoms with Gasteiger partial charge in [0.05, 0.1) is 18.1 Å². The molecular weight excluding hydrogens is 378 g/mol. The molecule has 0 saturated carbocycles. The summed E-state index contributed by atoms with van der Waals surface area (Å²) in [6.45, 7) is 7.24. The summed E-state index contributed by atoms with van der Waals surface area (Å²) in [6, 6.07) is 13.7. The third-order valence-electron chi connectivity index (χ3n) is 5.47. The number of hydrogen-bond acceptors (Lipinski definition) is 5. The molecule has 0 radical (unpaired) electrons. The SMILES string of the molecule is CCCC(C(=O)N1CCCN(c2ccc(C(=O)OCC)cn2)CC1)c1ccccc1. The van der Waals surface area contributed by atoms with Crippen LogP contribution in [0.25, 0.3) is 0 Å². The van der Waals surface area contributed by atoms with E-state index in [-0.39, 0.29) is 17.8 Å². The van der Waals surface area contributed by atoms with Crippen LogP contribution in [-0.4, -0.2) is 54.5 Å². The van der Waals surface area contributed by atoms with Crippen LogP contribution >= 0.6 is 0 Å². The lowest BCUT2D eigenvalue weighted by Crippen LogP contribution is -2.38. The van der Waals surface area contributed by atoms with Gasteiger partial charge >= 0.3 is 5.97 Å². The van der Waals surface area contributed by atoms with Crippen LogP contribution in [0.5, 0.6) is 0 Å². The molecule has 1 aromatic carbocycles. The minimum absolute atomic E-state index is 0.0789. The number of nitrogens with zero attached hydrogens (tertiary/aromatic N) is 3. The summed E-state index contributed by atoms with van der Waals surface area (Å²) in [5.41, 5.74) is 1.55. The fourth-order valence-corrected chi connectivity index (χ4v) is 3.90. The molecule has 1 saturated heterocycles. The summed E-state index contributed by atoms with van der Waals surface area (Å²) >= 11 is 0. The molecule has 0 bridgehead atoms. The Morgan fingerprint density at radius 3 is 2.50 bits per heavy atom. The number of carbonyl (C=O) groups excluding carboxylic acids is 2. The average Bonchev–Trinajstić information content (AvgIpc) is 3.04. The molecule has 1 amide bonds. The molecule has 1 aromatic heterocycles. The number of rotatable bonds is 7. The van der Waals surface area contributed by atoms with Gasteiger partial charge in [-0.2, -0.15) is 0 Å². The van der Waals surface area contributed by atoms with E-state index in [0.717, 1.165) is 50.3 Å². The van der Waals surface area contributed by atoms with Crippen LogP contribution in [0.2, 0.25) is 0 Å². The van der Waals surface area contributed by atoms with Crippen molar-refractivity contribution < 1.29 is 14.3 Å². The molecule has 160 valence electrons. The van der Waals surface area contributed by atoms with Crippen molar-refractivity contribution in [2.75, 3.05) is 37.7 Å². The van der Waals surface area contributed by atoms with Gasteiger partial charge in [-0.05, 0) is 37.5 Å². The quantitative estimate of drug-likeness (QED) is 0.650. The molecule has 1 aliphatic rings. The number of anilines is 1. The van der Waals surface area contributed by atoms with Crippen molar-refractivity contribution in [3.8, 4) is 0 Å². The van der Waals surface area contributed by atoms with E-state index in [1.807, 2.05) is 29.2 Å². The second kappa shape index (κ2) is 10.8. The number of carbonyl (C=O) groups is 2. The molecule has 0 N–H and O–H groups in total. The van der Waals surface area contributed by atoms with E-state index in [2.05, 4.69) is 28.9 Å². The second-order valence-corrected chi connectivity index (χ2v) is 7.54. The van der Waals surface area contributed by atoms with Crippen LogP contribution < -0.4 is 4.90 Å². The van der Waals surface area contributed by atoms with Gasteiger partial charge < -0.3 is 14.5 Å². The third kappa shape index (κ3) is 5.38. The lowest BCUT2D eigenvalue weighted by Gasteiger charge is -2.27. The van der Waals surface area contributed by atoms with Crippen LogP contribution in [0.1, 0.15) is 54.9 Å². The number of benzene rings is 1. The van der Waals surface area contributed by atoms with Gasteiger partial charge in [0.25, 0.3) is 0 Å². The first-order chi connectivity index (χ1) is 14.6. The van der Waals surface area contributed by atoms with Gasteiger partial charge in [-0.3, -0.25) is 4.79 Å². The van der Waals surface area contributed by atoms with Crippen molar-refractivity contribution >= 4 is 17.7 Å². The zero-order valence-corrected chi connectivity index (χ0v) is 17.9. The summed E-state index contributed by atoms with van der Waals surface area (Å²) in [5.74, 6) is 0.609. The van der Waals surface area contributed by atoms with Gasteiger partial charge in [0.2, 0.25) is 5.91 Å². The number of pyridine rings is 1. The van der Waals surface area contributed by atoms with Crippen molar-refractivity contribution in [2.24, 2.45) is 0 Å². The maximum atomic E-state index is 13.3. The molecule has 1 fully saturated rings. The molecule has 1 atom stereocenters. The van der Waals surface area contributed by atoms with Gasteiger partial charge in [-0.25, -0.2) is 9.78 Å². The van der Waals surface area contributed by atoms with Crippen LogP contribution in [0.4, 0.5) is 5.82 Å². The Morgan fingerprint density at radius 2 is 1.83 bits per heavy atom. The summed E-state index contributed by atoms with van der Waals surface area (Å²) in [7, 11) is 0. The molecule has 0 spiro atoms. The van der Waals surface area contributed by atoms with Crippen LogP contribution in [-0.2, 0) is 9.53 Å². The Labute approximate surface area is 178 Å². The standard InChI is InChI=1S/C24H31N3O3/c1-3-9-21(19-10-6-5-7-11-19)23(28)27-15-8-14-26(16-17-27)22-13-12-20(18-25-22)24(29)30-4-2/h5-7,10-13,18,21H,3-4,8-9,14-17H2,1-2H3. The molecule has 6 heteroatoms. The maximum absolute atomic E-state index is 13.3. The van der Waals surface area contributed by atoms with Crippen molar-refractivity contribution in [1.82, 2.24) is 9.88 Å². The van der Waals surface area contributed by atoms with Crippen LogP contribution in [0.15, 0.2) is 48.7 Å². The third-order valence-corrected chi connectivity index (χ3v) is 5.47. The number of amides is 1.